The van der Waals surface area contributed by atoms with E-state index in [1.807, 2.05) is 24.3 Å². The Bertz CT molecular complexity index is 562. The molecule has 0 aromatic heterocycles. The van der Waals surface area contributed by atoms with Gasteiger partial charge in [0.25, 0.3) is 0 Å². The molecule has 3 nitrogen and oxygen atoms in total. The highest BCUT2D eigenvalue weighted by Gasteiger charge is 2.05. The van der Waals surface area contributed by atoms with Gasteiger partial charge in [-0.25, -0.2) is 0 Å². The second-order valence-electron chi connectivity index (χ2n) is 4.08. The number of benzene rings is 2. The lowest BCUT2D eigenvalue weighted by Gasteiger charge is -2.05. The molecule has 0 saturated carbocycles. The van der Waals surface area contributed by atoms with Crippen molar-refractivity contribution in [2.45, 2.75) is 6.92 Å². The summed E-state index contributed by atoms with van der Waals surface area (Å²) in [5.41, 5.74) is 8.12. The van der Waals surface area contributed by atoms with Crippen LogP contribution in [0.2, 0.25) is 0 Å². The van der Waals surface area contributed by atoms with Crippen LogP contribution in [0.15, 0.2) is 48.5 Å². The number of nitrogens with two attached hydrogens (primary N) is 1. The third-order valence-corrected chi connectivity index (χ3v) is 2.75. The molecular weight excluding hydrogens is 226 g/mol. The molecule has 1 amide bonds. The smallest absolute Gasteiger partial charge is 0.248 e. The normalized spacial score (nSPS) is 10.1. The molecule has 2 aromatic rings. The SMILES string of the molecule is CC(=O)c1cccc(-c2cccc(C(N)=O)c2)c1. The maximum Gasteiger partial charge on any atom is 0.248 e. The summed E-state index contributed by atoms with van der Waals surface area (Å²) in [4.78, 5) is 22.5. The minimum Gasteiger partial charge on any atom is -0.366 e. The van der Waals surface area contributed by atoms with E-state index in [2.05, 4.69) is 0 Å². The predicted octanol–water partition coefficient (Wildman–Crippen LogP) is 2.66. The number of carbonyl (C=O) groups excluding carboxylic acids is 2. The first-order valence-corrected chi connectivity index (χ1v) is 5.59. The van der Waals surface area contributed by atoms with Gasteiger partial charge in [-0.1, -0.05) is 30.3 Å². The molecule has 0 aliphatic carbocycles. The van der Waals surface area contributed by atoms with Gasteiger partial charge >= 0.3 is 0 Å². The van der Waals surface area contributed by atoms with Gasteiger partial charge in [-0.3, -0.25) is 9.59 Å². The molecule has 0 unspecified atom stereocenters. The molecule has 2 N–H and O–H groups in total. The molecule has 2 rings (SSSR count). The fourth-order valence-corrected chi connectivity index (χ4v) is 1.77. The largest absolute Gasteiger partial charge is 0.366 e. The third-order valence-electron chi connectivity index (χ3n) is 2.75. The van der Waals surface area contributed by atoms with Crippen LogP contribution in [0.5, 0.6) is 0 Å². The standard InChI is InChI=1S/C15H13NO2/c1-10(17)11-4-2-5-12(8-11)13-6-3-7-14(9-13)15(16)18/h2-9H,1H3,(H2,16,18). The summed E-state index contributed by atoms with van der Waals surface area (Å²) in [7, 11) is 0. The molecular formula is C15H13NO2. The topological polar surface area (TPSA) is 60.2 Å². The van der Waals surface area contributed by atoms with Crippen LogP contribution >= 0.6 is 0 Å². The lowest BCUT2D eigenvalue weighted by atomic mass is 10.00. The second-order valence-corrected chi connectivity index (χ2v) is 4.08. The van der Waals surface area contributed by atoms with Crippen LogP contribution in [0, 0.1) is 0 Å². The first-order chi connectivity index (χ1) is 8.58. The van der Waals surface area contributed by atoms with Crippen LogP contribution in [0.1, 0.15) is 27.6 Å². The van der Waals surface area contributed by atoms with Gasteiger partial charge in [-0.05, 0) is 36.2 Å². The number of Topliss-reactive ketones (excluding diaryl/α,β-unsaturated/α-hetero) is 1. The number of carbonyl (C=O) groups is 2. The summed E-state index contributed by atoms with van der Waals surface area (Å²) in [6.07, 6.45) is 0. The molecule has 0 spiro atoms. The van der Waals surface area contributed by atoms with E-state index in [9.17, 15) is 9.59 Å². The molecule has 0 saturated heterocycles. The van der Waals surface area contributed by atoms with Crippen LogP contribution in [0.25, 0.3) is 11.1 Å². The van der Waals surface area contributed by atoms with Crippen molar-refractivity contribution in [3.63, 3.8) is 0 Å². The maximum absolute atomic E-state index is 11.3. The van der Waals surface area contributed by atoms with Crippen LogP contribution in [0.4, 0.5) is 0 Å². The van der Waals surface area contributed by atoms with Gasteiger partial charge in [-0.15, -0.1) is 0 Å². The van der Waals surface area contributed by atoms with E-state index < -0.39 is 5.91 Å². The van der Waals surface area contributed by atoms with Crippen molar-refractivity contribution in [2.24, 2.45) is 5.73 Å². The quantitative estimate of drug-likeness (QED) is 0.837. The Hall–Kier alpha value is -2.42. The monoisotopic (exact) mass is 239 g/mol. The zero-order valence-corrected chi connectivity index (χ0v) is 10.0. The molecule has 0 heterocycles. The molecule has 0 bridgehead atoms. The first kappa shape index (κ1) is 12.0. The number of hydrogen-bond donors (Lipinski definition) is 1. The summed E-state index contributed by atoms with van der Waals surface area (Å²) >= 11 is 0. The molecule has 0 atom stereocenters. The van der Waals surface area contributed by atoms with Crippen molar-refractivity contribution >= 4 is 11.7 Å². The number of amides is 1. The Labute approximate surface area is 105 Å². The highest BCUT2D eigenvalue weighted by Crippen LogP contribution is 2.21. The van der Waals surface area contributed by atoms with Crippen LogP contribution in [-0.2, 0) is 0 Å². The zero-order chi connectivity index (χ0) is 13.1. The number of primary amides is 1. The Morgan fingerprint density at radius 2 is 1.39 bits per heavy atom. The molecule has 0 aliphatic rings. The molecule has 90 valence electrons. The lowest BCUT2D eigenvalue weighted by molar-refractivity contribution is 0.0996. The van der Waals surface area contributed by atoms with Gasteiger partial charge in [0.15, 0.2) is 5.78 Å². The minimum atomic E-state index is -0.459. The summed E-state index contributed by atoms with van der Waals surface area (Å²) in [6.45, 7) is 1.53. The van der Waals surface area contributed by atoms with E-state index in [-0.39, 0.29) is 5.78 Å². The van der Waals surface area contributed by atoms with Crippen molar-refractivity contribution in [1.82, 2.24) is 0 Å². The van der Waals surface area contributed by atoms with Crippen molar-refractivity contribution in [1.29, 1.82) is 0 Å². The first-order valence-electron chi connectivity index (χ1n) is 5.59. The molecule has 0 fully saturated rings. The van der Waals surface area contributed by atoms with E-state index in [4.69, 9.17) is 5.73 Å². The Kier molecular flexibility index (Phi) is 3.24. The van der Waals surface area contributed by atoms with Gasteiger partial charge in [0.2, 0.25) is 5.91 Å². The molecule has 18 heavy (non-hydrogen) atoms. The minimum absolute atomic E-state index is 0.0166. The van der Waals surface area contributed by atoms with Gasteiger partial charge in [0, 0.05) is 11.1 Å². The van der Waals surface area contributed by atoms with E-state index in [0.717, 1.165) is 11.1 Å². The van der Waals surface area contributed by atoms with E-state index in [0.29, 0.717) is 11.1 Å². The lowest BCUT2D eigenvalue weighted by Crippen LogP contribution is -2.10. The van der Waals surface area contributed by atoms with E-state index in [1.54, 1.807) is 24.3 Å². The van der Waals surface area contributed by atoms with Crippen molar-refractivity contribution in [3.8, 4) is 11.1 Å². The van der Waals surface area contributed by atoms with Crippen LogP contribution in [0.3, 0.4) is 0 Å². The van der Waals surface area contributed by atoms with Gasteiger partial charge in [0.1, 0.15) is 0 Å². The van der Waals surface area contributed by atoms with Crippen molar-refractivity contribution in [2.75, 3.05) is 0 Å². The number of rotatable bonds is 3. The summed E-state index contributed by atoms with van der Waals surface area (Å²) in [6, 6.07) is 14.3. The highest BCUT2D eigenvalue weighted by molar-refractivity contribution is 5.96. The fraction of sp³-hybridized carbons (Fsp3) is 0.0667. The molecule has 0 aliphatic heterocycles. The summed E-state index contributed by atoms with van der Waals surface area (Å²) < 4.78 is 0. The number of hydrogen-bond acceptors (Lipinski definition) is 2. The number of ketones is 1. The molecule has 3 heteroatoms. The Morgan fingerprint density at radius 3 is 1.89 bits per heavy atom. The summed E-state index contributed by atoms with van der Waals surface area (Å²) in [5, 5.41) is 0. The highest BCUT2D eigenvalue weighted by atomic mass is 16.1. The average molecular weight is 239 g/mol. The fourth-order valence-electron chi connectivity index (χ4n) is 1.77. The van der Waals surface area contributed by atoms with Gasteiger partial charge < -0.3 is 5.73 Å². The van der Waals surface area contributed by atoms with Gasteiger partial charge in [0.05, 0.1) is 0 Å². The third kappa shape index (κ3) is 2.46. The van der Waals surface area contributed by atoms with E-state index >= 15 is 0 Å². The van der Waals surface area contributed by atoms with Crippen molar-refractivity contribution < 1.29 is 9.59 Å². The average Bonchev–Trinajstić information content (AvgIpc) is 2.39. The van der Waals surface area contributed by atoms with Crippen LogP contribution in [-0.4, -0.2) is 11.7 Å². The molecule has 2 aromatic carbocycles. The summed E-state index contributed by atoms with van der Waals surface area (Å²) in [5.74, 6) is -0.442. The van der Waals surface area contributed by atoms with Gasteiger partial charge in [-0.2, -0.15) is 0 Å². The second kappa shape index (κ2) is 4.84. The Morgan fingerprint density at radius 1 is 0.889 bits per heavy atom. The molecule has 0 radical (unpaired) electrons. The Balaban J connectivity index is 2.48. The maximum atomic E-state index is 11.3. The van der Waals surface area contributed by atoms with Crippen molar-refractivity contribution in [3.05, 3.63) is 59.7 Å². The van der Waals surface area contributed by atoms with Crippen LogP contribution < -0.4 is 5.73 Å². The predicted molar refractivity (Wildman–Crippen MR) is 70.4 cm³/mol. The zero-order valence-electron chi connectivity index (χ0n) is 10.0. The van der Waals surface area contributed by atoms with E-state index in [1.165, 1.54) is 6.92 Å².